The number of aromatic hydroxyl groups is 2. The third-order valence-corrected chi connectivity index (χ3v) is 13.9. The Morgan fingerprint density at radius 3 is 2.41 bits per heavy atom. The van der Waals surface area contributed by atoms with Crippen LogP contribution >= 0.6 is 0 Å². The van der Waals surface area contributed by atoms with E-state index < -0.39 is 11.4 Å². The SMILES string of the molecule is COc1ccc2[nH]cc(C3C=C4[C@@](C)(CC[C@@]5(C)[C@H]6C[C@](C)(C(=O)O)CC[C@]6(C)CC[C@]45C)c4cc(O)c(O)c(C)c43)c2c1. The second kappa shape index (κ2) is 9.08. The Morgan fingerprint density at radius 1 is 0.977 bits per heavy atom. The monoisotopic (exact) mass is 597 g/mol. The summed E-state index contributed by atoms with van der Waals surface area (Å²) in [6, 6.07) is 7.91. The number of phenolic OH excluding ortho intramolecular Hbond substituents is 2. The van der Waals surface area contributed by atoms with Gasteiger partial charge in [0.05, 0.1) is 12.5 Å². The van der Waals surface area contributed by atoms with Gasteiger partial charge >= 0.3 is 5.97 Å². The lowest BCUT2D eigenvalue weighted by Crippen LogP contribution is -2.62. The van der Waals surface area contributed by atoms with Crippen LogP contribution in [0.4, 0.5) is 0 Å². The summed E-state index contributed by atoms with van der Waals surface area (Å²) < 4.78 is 5.61. The molecule has 6 heteroatoms. The number of aromatic nitrogens is 1. The Kier molecular flexibility index (Phi) is 6.05. The maximum Gasteiger partial charge on any atom is 0.309 e. The lowest BCUT2D eigenvalue weighted by molar-refractivity contribution is -0.177. The number of aliphatic carboxylic acids is 1. The van der Waals surface area contributed by atoms with E-state index in [1.165, 1.54) is 5.57 Å². The molecule has 0 radical (unpaired) electrons. The van der Waals surface area contributed by atoms with Crippen molar-refractivity contribution in [2.24, 2.45) is 27.6 Å². The number of carbonyl (C=O) groups is 1. The number of carboxylic acids is 1. The normalized spacial score (nSPS) is 37.8. The fourth-order valence-corrected chi connectivity index (χ4v) is 10.7. The molecule has 7 atom stereocenters. The van der Waals surface area contributed by atoms with Crippen LogP contribution in [0.1, 0.15) is 108 Å². The summed E-state index contributed by atoms with van der Waals surface area (Å²) in [5.74, 6) is 0.163. The van der Waals surface area contributed by atoms with Crippen molar-refractivity contribution in [3.63, 3.8) is 0 Å². The summed E-state index contributed by atoms with van der Waals surface area (Å²) in [4.78, 5) is 16.0. The Bertz CT molecular complexity index is 1750. The number of fused-ring (bicyclic) bond motifs is 8. The molecule has 1 aromatic heterocycles. The zero-order chi connectivity index (χ0) is 31.6. The number of aromatic amines is 1. The van der Waals surface area contributed by atoms with Crippen molar-refractivity contribution in [3.8, 4) is 17.2 Å². The van der Waals surface area contributed by atoms with Crippen LogP contribution in [-0.4, -0.2) is 33.4 Å². The third-order valence-electron chi connectivity index (χ3n) is 13.9. The van der Waals surface area contributed by atoms with E-state index in [-0.39, 0.29) is 39.1 Å². The highest BCUT2D eigenvalue weighted by Crippen LogP contribution is 2.75. The van der Waals surface area contributed by atoms with Crippen molar-refractivity contribution in [2.45, 2.75) is 97.8 Å². The number of ether oxygens (including phenoxy) is 1. The molecular weight excluding hydrogens is 550 g/mol. The summed E-state index contributed by atoms with van der Waals surface area (Å²) in [5.41, 5.74) is 5.29. The fourth-order valence-electron chi connectivity index (χ4n) is 10.7. The molecule has 234 valence electrons. The molecule has 1 heterocycles. The van der Waals surface area contributed by atoms with E-state index in [1.54, 1.807) is 7.11 Å². The molecule has 0 aliphatic heterocycles. The highest BCUT2D eigenvalue weighted by atomic mass is 16.5. The molecule has 4 aliphatic carbocycles. The van der Waals surface area contributed by atoms with Crippen LogP contribution in [0, 0.1) is 34.5 Å². The number of hydrogen-bond acceptors (Lipinski definition) is 4. The lowest BCUT2D eigenvalue weighted by atomic mass is 9.34. The molecule has 3 saturated carbocycles. The predicted molar refractivity (Wildman–Crippen MR) is 173 cm³/mol. The lowest BCUT2D eigenvalue weighted by Gasteiger charge is -2.70. The van der Waals surface area contributed by atoms with E-state index in [9.17, 15) is 20.1 Å². The first-order chi connectivity index (χ1) is 20.6. The second-order valence-corrected chi connectivity index (χ2v) is 15.9. The summed E-state index contributed by atoms with van der Waals surface area (Å²) in [6.07, 6.45) is 11.0. The zero-order valence-corrected chi connectivity index (χ0v) is 27.2. The van der Waals surface area contributed by atoms with Gasteiger partial charge in [0.25, 0.3) is 0 Å². The van der Waals surface area contributed by atoms with Gasteiger partial charge in [0.1, 0.15) is 5.75 Å². The van der Waals surface area contributed by atoms with E-state index in [1.807, 2.05) is 32.0 Å². The topological polar surface area (TPSA) is 103 Å². The van der Waals surface area contributed by atoms with Crippen molar-refractivity contribution in [1.82, 2.24) is 4.98 Å². The van der Waals surface area contributed by atoms with Crippen LogP contribution < -0.4 is 4.74 Å². The van der Waals surface area contributed by atoms with Crippen molar-refractivity contribution in [1.29, 1.82) is 0 Å². The standard InChI is InChI=1S/C38H47NO5/c1-21-31-24(25-20-39-27-9-8-22(44-7)16-23(25)27)17-29-36(4,26(31)18-28(40)32(21)41)13-15-38(6)30-19-35(3,33(42)43)11-10-34(30,2)12-14-37(29,38)5/h8-9,16-18,20,24,30,39-41H,10-15,19H2,1-7H3,(H,42,43)/t24?,30-,34+,35+,36-,37+,38-/m0/s1. The maximum absolute atomic E-state index is 12.6. The summed E-state index contributed by atoms with van der Waals surface area (Å²) in [6.45, 7) is 13.6. The van der Waals surface area contributed by atoms with Gasteiger partial charge in [0.2, 0.25) is 0 Å². The van der Waals surface area contributed by atoms with Gasteiger partial charge in [0, 0.05) is 28.4 Å². The first kappa shape index (κ1) is 29.3. The Morgan fingerprint density at radius 2 is 1.70 bits per heavy atom. The van der Waals surface area contributed by atoms with Crippen molar-refractivity contribution in [2.75, 3.05) is 7.11 Å². The van der Waals surface area contributed by atoms with Crippen LogP contribution in [0.25, 0.3) is 10.9 Å². The van der Waals surface area contributed by atoms with Gasteiger partial charge in [-0.15, -0.1) is 0 Å². The van der Waals surface area contributed by atoms with Gasteiger partial charge in [-0.3, -0.25) is 4.79 Å². The third kappa shape index (κ3) is 3.57. The number of hydrogen-bond donors (Lipinski definition) is 4. The van der Waals surface area contributed by atoms with Crippen molar-refractivity contribution >= 4 is 16.9 Å². The molecule has 4 aliphatic rings. The molecule has 0 amide bonds. The fraction of sp³-hybridized carbons (Fsp3) is 0.553. The van der Waals surface area contributed by atoms with Crippen LogP contribution in [0.3, 0.4) is 0 Å². The largest absolute Gasteiger partial charge is 0.504 e. The van der Waals surface area contributed by atoms with Crippen LogP contribution in [0.5, 0.6) is 17.2 Å². The zero-order valence-electron chi connectivity index (χ0n) is 27.2. The van der Waals surface area contributed by atoms with Gasteiger partial charge < -0.3 is 25.0 Å². The number of benzene rings is 2. The van der Waals surface area contributed by atoms with Gasteiger partial charge in [0.15, 0.2) is 11.5 Å². The Balaban J connectivity index is 1.47. The average molecular weight is 598 g/mol. The van der Waals surface area contributed by atoms with Crippen molar-refractivity contribution < 1.29 is 24.9 Å². The average Bonchev–Trinajstić information content (AvgIpc) is 3.41. The molecule has 2 aromatic carbocycles. The molecule has 0 spiro atoms. The minimum absolute atomic E-state index is 0.0536. The number of methoxy groups -OCH3 is 1. The van der Waals surface area contributed by atoms with Gasteiger partial charge in [-0.25, -0.2) is 0 Å². The van der Waals surface area contributed by atoms with Crippen LogP contribution in [0.2, 0.25) is 0 Å². The number of nitrogens with one attached hydrogen (secondary N) is 1. The van der Waals surface area contributed by atoms with E-state index in [0.717, 1.165) is 77.4 Å². The van der Waals surface area contributed by atoms with Crippen LogP contribution in [-0.2, 0) is 10.2 Å². The Labute approximate surface area is 260 Å². The quantitative estimate of drug-likeness (QED) is 0.179. The molecule has 44 heavy (non-hydrogen) atoms. The Hall–Kier alpha value is -3.41. The summed E-state index contributed by atoms with van der Waals surface area (Å²) in [5, 5.41) is 33.5. The van der Waals surface area contributed by atoms with E-state index in [4.69, 9.17) is 4.74 Å². The molecule has 7 rings (SSSR count). The van der Waals surface area contributed by atoms with E-state index in [0.29, 0.717) is 12.3 Å². The minimum Gasteiger partial charge on any atom is -0.504 e. The smallest absolute Gasteiger partial charge is 0.309 e. The number of phenols is 2. The molecule has 0 saturated heterocycles. The second-order valence-electron chi connectivity index (χ2n) is 15.9. The molecule has 4 N–H and O–H groups in total. The van der Waals surface area contributed by atoms with E-state index in [2.05, 4.69) is 51.0 Å². The predicted octanol–water partition coefficient (Wildman–Crippen LogP) is 8.72. The highest BCUT2D eigenvalue weighted by Gasteiger charge is 2.67. The molecule has 0 bridgehead atoms. The molecule has 6 nitrogen and oxygen atoms in total. The first-order valence-corrected chi connectivity index (χ1v) is 16.3. The molecule has 3 aromatic rings. The van der Waals surface area contributed by atoms with Gasteiger partial charge in [-0.2, -0.15) is 0 Å². The van der Waals surface area contributed by atoms with Crippen LogP contribution in [0.15, 0.2) is 42.1 Å². The van der Waals surface area contributed by atoms with Gasteiger partial charge in [-0.1, -0.05) is 39.3 Å². The highest BCUT2D eigenvalue weighted by molar-refractivity contribution is 5.86. The number of allylic oxidation sites excluding steroid dienone is 2. The number of H-pyrrole nitrogens is 1. The summed E-state index contributed by atoms with van der Waals surface area (Å²) >= 11 is 0. The number of rotatable bonds is 3. The maximum atomic E-state index is 12.6. The van der Waals surface area contributed by atoms with E-state index >= 15 is 0 Å². The minimum atomic E-state index is -0.703. The molecule has 3 fully saturated rings. The number of carboxylic acid groups (broad SMARTS) is 1. The van der Waals surface area contributed by atoms with Gasteiger partial charge in [-0.05, 0) is 127 Å². The first-order valence-electron chi connectivity index (χ1n) is 16.3. The summed E-state index contributed by atoms with van der Waals surface area (Å²) in [7, 11) is 1.68. The molecule has 1 unspecified atom stereocenters. The van der Waals surface area contributed by atoms with Crippen molar-refractivity contribution in [3.05, 3.63) is 64.4 Å². The molecular formula is C38H47NO5.